The molecule has 178 valence electrons. The van der Waals surface area contributed by atoms with Crippen molar-refractivity contribution in [1.29, 1.82) is 0 Å². The second kappa shape index (κ2) is 10.4. The van der Waals surface area contributed by atoms with Crippen LogP contribution >= 0.6 is 11.3 Å². The number of nitrogens with two attached hydrogens (primary N) is 1. The number of benzene rings is 1. The number of β-amino-alcohol motifs (C(OH)–C–C–N with tert-alkyl or cyclic N) is 1. The fourth-order valence-corrected chi connectivity index (χ4v) is 4.30. The second-order valence-electron chi connectivity index (χ2n) is 8.90. The van der Waals surface area contributed by atoms with Crippen LogP contribution in [-0.4, -0.2) is 63.5 Å². The summed E-state index contributed by atoms with van der Waals surface area (Å²) in [6, 6.07) is 5.58. The van der Waals surface area contributed by atoms with Gasteiger partial charge in [0.05, 0.1) is 17.8 Å². The molecule has 0 spiro atoms. The number of thiazole rings is 1. The molecule has 33 heavy (non-hydrogen) atoms. The van der Waals surface area contributed by atoms with E-state index in [1.807, 2.05) is 27.7 Å². The molecule has 1 aromatic heterocycles. The Kier molecular flexibility index (Phi) is 7.83. The molecule has 1 aromatic carbocycles. The van der Waals surface area contributed by atoms with E-state index >= 15 is 0 Å². The highest BCUT2D eigenvalue weighted by Crippen LogP contribution is 2.27. The van der Waals surface area contributed by atoms with Gasteiger partial charge in [-0.05, 0) is 31.9 Å². The zero-order chi connectivity index (χ0) is 24.3. The molecule has 3 amide bonds. The molecule has 3 rings (SSSR count). The van der Waals surface area contributed by atoms with Crippen molar-refractivity contribution in [2.24, 2.45) is 11.7 Å². The number of carbonyl (C=O) groups is 3. The fraction of sp³-hybridized carbons (Fsp3) is 0.478. The van der Waals surface area contributed by atoms with Gasteiger partial charge in [-0.1, -0.05) is 26.0 Å². The quantitative estimate of drug-likeness (QED) is 0.484. The fourth-order valence-electron chi connectivity index (χ4n) is 3.57. The second-order valence-corrected chi connectivity index (χ2v) is 9.76. The molecule has 2 aromatic rings. The smallest absolute Gasteiger partial charge is 0.251 e. The predicted molar refractivity (Wildman–Crippen MR) is 128 cm³/mol. The van der Waals surface area contributed by atoms with E-state index in [1.54, 1.807) is 29.6 Å². The summed E-state index contributed by atoms with van der Waals surface area (Å²) in [5, 5.41) is 17.9. The molecule has 1 aliphatic rings. The van der Waals surface area contributed by atoms with Gasteiger partial charge in [-0.25, -0.2) is 4.98 Å². The van der Waals surface area contributed by atoms with Gasteiger partial charge in [-0.15, -0.1) is 11.3 Å². The lowest BCUT2D eigenvalue weighted by Gasteiger charge is -2.27. The Balaban J connectivity index is 1.68. The SMILES string of the molecule is CC(C)NC(=O)c1ccc(-c2csc(NC(=O)[C@@H]3C[C@H](O)CN3C(=O)[C@H](N)C(C)C)n2)cc1. The molecule has 0 saturated carbocycles. The van der Waals surface area contributed by atoms with Crippen LogP contribution in [0.25, 0.3) is 11.3 Å². The Bertz CT molecular complexity index is 1000. The molecule has 1 fully saturated rings. The van der Waals surface area contributed by atoms with E-state index in [0.29, 0.717) is 16.4 Å². The highest BCUT2D eigenvalue weighted by Gasteiger charge is 2.41. The van der Waals surface area contributed by atoms with E-state index < -0.39 is 24.1 Å². The van der Waals surface area contributed by atoms with Crippen LogP contribution in [0.2, 0.25) is 0 Å². The summed E-state index contributed by atoms with van der Waals surface area (Å²) < 4.78 is 0. The largest absolute Gasteiger partial charge is 0.391 e. The number of anilines is 1. The molecule has 3 atom stereocenters. The molecular weight excluding hydrogens is 442 g/mol. The topological polar surface area (TPSA) is 138 Å². The Morgan fingerprint density at radius 1 is 1.18 bits per heavy atom. The zero-order valence-electron chi connectivity index (χ0n) is 19.2. The summed E-state index contributed by atoms with van der Waals surface area (Å²) >= 11 is 1.26. The Morgan fingerprint density at radius 3 is 2.45 bits per heavy atom. The molecular formula is C23H31N5O4S. The number of hydrogen-bond donors (Lipinski definition) is 4. The Hall–Kier alpha value is -2.82. The van der Waals surface area contributed by atoms with Crippen molar-refractivity contribution in [1.82, 2.24) is 15.2 Å². The molecule has 1 aliphatic heterocycles. The summed E-state index contributed by atoms with van der Waals surface area (Å²) in [6.45, 7) is 7.56. The lowest BCUT2D eigenvalue weighted by molar-refractivity contribution is -0.138. The number of nitrogens with one attached hydrogen (secondary N) is 2. The normalized spacial score (nSPS) is 19.1. The van der Waals surface area contributed by atoms with E-state index in [4.69, 9.17) is 5.73 Å². The van der Waals surface area contributed by atoms with Crippen LogP contribution in [0.15, 0.2) is 29.6 Å². The van der Waals surface area contributed by atoms with E-state index in [9.17, 15) is 19.5 Å². The highest BCUT2D eigenvalue weighted by molar-refractivity contribution is 7.14. The summed E-state index contributed by atoms with van der Waals surface area (Å²) in [6.07, 6.45) is -0.622. The maximum absolute atomic E-state index is 12.9. The zero-order valence-corrected chi connectivity index (χ0v) is 20.1. The van der Waals surface area contributed by atoms with E-state index in [-0.39, 0.29) is 36.7 Å². The van der Waals surface area contributed by atoms with Gasteiger partial charge in [0, 0.05) is 35.5 Å². The van der Waals surface area contributed by atoms with Gasteiger partial charge in [-0.3, -0.25) is 14.4 Å². The first-order valence-electron chi connectivity index (χ1n) is 11.0. The first-order valence-corrected chi connectivity index (χ1v) is 11.9. The minimum atomic E-state index is -0.802. The number of aliphatic hydroxyl groups is 1. The number of nitrogens with zero attached hydrogens (tertiary/aromatic N) is 2. The van der Waals surface area contributed by atoms with Crippen LogP contribution in [-0.2, 0) is 9.59 Å². The molecule has 0 aliphatic carbocycles. The van der Waals surface area contributed by atoms with E-state index in [0.717, 1.165) is 5.56 Å². The van der Waals surface area contributed by atoms with Crippen molar-refractivity contribution in [3.05, 3.63) is 35.2 Å². The Morgan fingerprint density at radius 2 is 1.85 bits per heavy atom. The van der Waals surface area contributed by atoms with Crippen molar-refractivity contribution >= 4 is 34.2 Å². The van der Waals surface area contributed by atoms with Gasteiger partial charge in [0.25, 0.3) is 5.91 Å². The number of aliphatic hydroxyl groups excluding tert-OH is 1. The monoisotopic (exact) mass is 473 g/mol. The molecule has 0 unspecified atom stereocenters. The highest BCUT2D eigenvalue weighted by atomic mass is 32.1. The average molecular weight is 474 g/mol. The first-order chi connectivity index (χ1) is 15.6. The third kappa shape index (κ3) is 5.95. The van der Waals surface area contributed by atoms with Crippen LogP contribution in [0.1, 0.15) is 44.5 Å². The standard InChI is InChI=1S/C23H31N5O4S/c1-12(2)19(24)22(32)28-10-16(29)9-18(28)21(31)27-23-26-17(11-33-23)14-5-7-15(8-6-14)20(30)25-13(3)4/h5-8,11-13,16,18-19,29H,9-10,24H2,1-4H3,(H,25,30)(H,26,27,31)/t16-,18-,19+/m0/s1. The third-order valence-electron chi connectivity index (χ3n) is 5.47. The van der Waals surface area contributed by atoms with Crippen LogP contribution in [0.5, 0.6) is 0 Å². The number of rotatable bonds is 7. The predicted octanol–water partition coefficient (Wildman–Crippen LogP) is 1.83. The van der Waals surface area contributed by atoms with Crippen molar-refractivity contribution in [2.45, 2.75) is 58.3 Å². The molecule has 2 heterocycles. The van der Waals surface area contributed by atoms with Gasteiger partial charge in [0.1, 0.15) is 6.04 Å². The van der Waals surface area contributed by atoms with Crippen LogP contribution < -0.4 is 16.4 Å². The molecule has 0 bridgehead atoms. The van der Waals surface area contributed by atoms with E-state index in [1.165, 1.54) is 16.2 Å². The number of amides is 3. The van der Waals surface area contributed by atoms with Crippen molar-refractivity contribution in [2.75, 3.05) is 11.9 Å². The molecule has 5 N–H and O–H groups in total. The Labute approximate surface area is 197 Å². The number of carbonyl (C=O) groups excluding carboxylic acids is 3. The van der Waals surface area contributed by atoms with Gasteiger partial charge in [-0.2, -0.15) is 0 Å². The molecule has 0 radical (unpaired) electrons. The molecule has 9 nitrogen and oxygen atoms in total. The van der Waals surface area contributed by atoms with Gasteiger partial charge < -0.3 is 26.4 Å². The number of likely N-dealkylation sites (tertiary alicyclic amines) is 1. The van der Waals surface area contributed by atoms with E-state index in [2.05, 4.69) is 15.6 Å². The van der Waals surface area contributed by atoms with Crippen molar-refractivity contribution in [3.8, 4) is 11.3 Å². The first kappa shape index (κ1) is 24.8. The summed E-state index contributed by atoms with van der Waals surface area (Å²) in [4.78, 5) is 43.5. The average Bonchev–Trinajstić information content (AvgIpc) is 3.38. The van der Waals surface area contributed by atoms with Crippen molar-refractivity contribution in [3.63, 3.8) is 0 Å². The maximum Gasteiger partial charge on any atom is 0.251 e. The van der Waals surface area contributed by atoms with Crippen molar-refractivity contribution < 1.29 is 19.5 Å². The summed E-state index contributed by atoms with van der Waals surface area (Å²) in [7, 11) is 0. The molecule has 10 heteroatoms. The van der Waals surface area contributed by atoms with Crippen LogP contribution in [0, 0.1) is 5.92 Å². The van der Waals surface area contributed by atoms with Crippen LogP contribution in [0.3, 0.4) is 0 Å². The number of hydrogen-bond acceptors (Lipinski definition) is 7. The van der Waals surface area contributed by atoms with Gasteiger partial charge in [0.15, 0.2) is 5.13 Å². The lowest BCUT2D eigenvalue weighted by Crippen LogP contribution is -2.51. The summed E-state index contributed by atoms with van der Waals surface area (Å²) in [5.74, 6) is -0.971. The minimum Gasteiger partial charge on any atom is -0.391 e. The number of aromatic nitrogens is 1. The summed E-state index contributed by atoms with van der Waals surface area (Å²) in [5.41, 5.74) is 8.01. The van der Waals surface area contributed by atoms with Gasteiger partial charge in [0.2, 0.25) is 11.8 Å². The molecule has 1 saturated heterocycles. The van der Waals surface area contributed by atoms with Gasteiger partial charge >= 0.3 is 0 Å². The minimum absolute atomic E-state index is 0.0511. The third-order valence-corrected chi connectivity index (χ3v) is 6.22. The lowest BCUT2D eigenvalue weighted by atomic mass is 10.0. The maximum atomic E-state index is 12.9. The van der Waals surface area contributed by atoms with Crippen LogP contribution in [0.4, 0.5) is 5.13 Å².